The van der Waals surface area contributed by atoms with Crippen molar-refractivity contribution in [2.24, 2.45) is 5.73 Å². The predicted molar refractivity (Wildman–Crippen MR) is 78.8 cm³/mol. The van der Waals surface area contributed by atoms with Gasteiger partial charge in [-0.15, -0.1) is 0 Å². The second kappa shape index (κ2) is 7.92. The number of amides is 1. The maximum atomic E-state index is 12.3. The number of benzene rings is 1. The van der Waals surface area contributed by atoms with Gasteiger partial charge in [-0.3, -0.25) is 4.79 Å². The minimum atomic E-state index is -0.555. The monoisotopic (exact) mass is 263 g/mol. The van der Waals surface area contributed by atoms with E-state index in [0.29, 0.717) is 6.54 Å². The standard InChI is InChI=1S/C15H25N3O/c1-4-18(12-8-11-17(2)3)15(19)14(16)13-9-6-5-7-10-13/h5-7,9-10,14H,4,8,11-12,16H2,1-3H3. The zero-order valence-electron chi connectivity index (χ0n) is 12.2. The molecule has 0 saturated heterocycles. The Kier molecular flexibility index (Phi) is 6.53. The van der Waals surface area contributed by atoms with Crippen LogP contribution >= 0.6 is 0 Å². The summed E-state index contributed by atoms with van der Waals surface area (Å²) in [7, 11) is 4.07. The van der Waals surface area contributed by atoms with Crippen molar-refractivity contribution in [2.75, 3.05) is 33.7 Å². The average molecular weight is 263 g/mol. The van der Waals surface area contributed by atoms with Crippen molar-refractivity contribution in [1.29, 1.82) is 0 Å². The van der Waals surface area contributed by atoms with Crippen LogP contribution in [0, 0.1) is 0 Å². The first kappa shape index (κ1) is 15.7. The molecule has 0 aromatic heterocycles. The molecule has 4 nitrogen and oxygen atoms in total. The van der Waals surface area contributed by atoms with Crippen molar-refractivity contribution in [3.63, 3.8) is 0 Å². The molecular formula is C15H25N3O. The molecule has 0 bridgehead atoms. The van der Waals surface area contributed by atoms with Gasteiger partial charge in [-0.2, -0.15) is 0 Å². The van der Waals surface area contributed by atoms with Crippen molar-refractivity contribution in [2.45, 2.75) is 19.4 Å². The fraction of sp³-hybridized carbons (Fsp3) is 0.533. The molecule has 0 radical (unpaired) electrons. The number of hydrogen-bond acceptors (Lipinski definition) is 3. The summed E-state index contributed by atoms with van der Waals surface area (Å²) in [5.41, 5.74) is 6.92. The number of nitrogens with zero attached hydrogens (tertiary/aromatic N) is 2. The van der Waals surface area contributed by atoms with Crippen LogP contribution in [0.25, 0.3) is 0 Å². The quantitative estimate of drug-likeness (QED) is 0.811. The van der Waals surface area contributed by atoms with Crippen LogP contribution in [0.15, 0.2) is 30.3 Å². The van der Waals surface area contributed by atoms with Crippen LogP contribution in [-0.2, 0) is 4.79 Å². The zero-order chi connectivity index (χ0) is 14.3. The molecule has 0 aliphatic rings. The fourth-order valence-electron chi connectivity index (χ4n) is 2.00. The molecule has 0 heterocycles. The predicted octanol–water partition coefficient (Wildman–Crippen LogP) is 1.49. The number of rotatable bonds is 7. The highest BCUT2D eigenvalue weighted by atomic mass is 16.2. The Labute approximate surface area is 116 Å². The lowest BCUT2D eigenvalue weighted by atomic mass is 10.1. The van der Waals surface area contributed by atoms with E-state index in [1.54, 1.807) is 0 Å². The maximum Gasteiger partial charge on any atom is 0.244 e. The minimum absolute atomic E-state index is 0.00690. The third-order valence-electron chi connectivity index (χ3n) is 3.15. The first-order valence-corrected chi connectivity index (χ1v) is 6.80. The Morgan fingerprint density at radius 2 is 1.84 bits per heavy atom. The first-order valence-electron chi connectivity index (χ1n) is 6.80. The van der Waals surface area contributed by atoms with Crippen LogP contribution < -0.4 is 5.73 Å². The SMILES string of the molecule is CCN(CCCN(C)C)C(=O)C(N)c1ccccc1. The van der Waals surface area contributed by atoms with Gasteiger partial charge in [0.15, 0.2) is 0 Å². The number of likely N-dealkylation sites (N-methyl/N-ethyl adjacent to an activating group) is 1. The van der Waals surface area contributed by atoms with E-state index in [0.717, 1.165) is 25.1 Å². The van der Waals surface area contributed by atoms with Crippen molar-refractivity contribution >= 4 is 5.91 Å². The van der Waals surface area contributed by atoms with Gasteiger partial charge in [-0.25, -0.2) is 0 Å². The van der Waals surface area contributed by atoms with Crippen LogP contribution in [0.4, 0.5) is 0 Å². The molecular weight excluding hydrogens is 238 g/mol. The summed E-state index contributed by atoms with van der Waals surface area (Å²) in [5, 5.41) is 0. The molecule has 1 aromatic carbocycles. The van der Waals surface area contributed by atoms with E-state index in [4.69, 9.17) is 5.73 Å². The van der Waals surface area contributed by atoms with E-state index < -0.39 is 6.04 Å². The second-order valence-electron chi connectivity index (χ2n) is 4.96. The molecule has 1 rings (SSSR count). The van der Waals surface area contributed by atoms with Gasteiger partial charge in [-0.05, 0) is 39.5 Å². The molecule has 1 unspecified atom stereocenters. The molecule has 0 aliphatic carbocycles. The molecule has 1 atom stereocenters. The first-order chi connectivity index (χ1) is 9.06. The van der Waals surface area contributed by atoms with Gasteiger partial charge < -0.3 is 15.5 Å². The summed E-state index contributed by atoms with van der Waals surface area (Å²) in [6.07, 6.45) is 0.966. The van der Waals surface area contributed by atoms with Crippen LogP contribution in [0.5, 0.6) is 0 Å². The molecule has 1 aromatic rings. The van der Waals surface area contributed by atoms with Gasteiger partial charge in [-0.1, -0.05) is 30.3 Å². The van der Waals surface area contributed by atoms with E-state index in [-0.39, 0.29) is 5.91 Å². The summed E-state index contributed by atoms with van der Waals surface area (Å²) in [6, 6.07) is 8.98. The highest BCUT2D eigenvalue weighted by Crippen LogP contribution is 2.13. The molecule has 19 heavy (non-hydrogen) atoms. The zero-order valence-corrected chi connectivity index (χ0v) is 12.2. The minimum Gasteiger partial charge on any atom is -0.341 e. The highest BCUT2D eigenvalue weighted by molar-refractivity contribution is 5.83. The van der Waals surface area contributed by atoms with Crippen LogP contribution in [0.2, 0.25) is 0 Å². The molecule has 0 spiro atoms. The lowest BCUT2D eigenvalue weighted by Gasteiger charge is -2.25. The molecule has 1 amide bonds. The third kappa shape index (κ3) is 5.01. The third-order valence-corrected chi connectivity index (χ3v) is 3.15. The van der Waals surface area contributed by atoms with Crippen LogP contribution in [-0.4, -0.2) is 49.4 Å². The Morgan fingerprint density at radius 3 is 2.37 bits per heavy atom. The van der Waals surface area contributed by atoms with Gasteiger partial charge in [0.25, 0.3) is 0 Å². The van der Waals surface area contributed by atoms with Gasteiger partial charge in [0, 0.05) is 13.1 Å². The smallest absolute Gasteiger partial charge is 0.244 e. The average Bonchev–Trinajstić information content (AvgIpc) is 2.43. The second-order valence-corrected chi connectivity index (χ2v) is 4.96. The molecule has 0 fully saturated rings. The highest BCUT2D eigenvalue weighted by Gasteiger charge is 2.20. The van der Waals surface area contributed by atoms with E-state index in [1.807, 2.05) is 56.3 Å². The molecule has 2 N–H and O–H groups in total. The summed E-state index contributed by atoms with van der Waals surface area (Å²) in [6.45, 7) is 4.43. The van der Waals surface area contributed by atoms with E-state index in [9.17, 15) is 4.79 Å². The lowest BCUT2D eigenvalue weighted by Crippen LogP contribution is -2.39. The van der Waals surface area contributed by atoms with E-state index in [1.165, 1.54) is 0 Å². The van der Waals surface area contributed by atoms with E-state index >= 15 is 0 Å². The van der Waals surface area contributed by atoms with E-state index in [2.05, 4.69) is 4.90 Å². The summed E-state index contributed by atoms with van der Waals surface area (Å²) < 4.78 is 0. The van der Waals surface area contributed by atoms with Crippen molar-refractivity contribution in [1.82, 2.24) is 9.80 Å². The van der Waals surface area contributed by atoms with Crippen LogP contribution in [0.1, 0.15) is 24.9 Å². The number of nitrogens with two attached hydrogens (primary N) is 1. The van der Waals surface area contributed by atoms with Crippen molar-refractivity contribution < 1.29 is 4.79 Å². The Bertz CT molecular complexity index is 378. The Morgan fingerprint density at radius 1 is 1.21 bits per heavy atom. The van der Waals surface area contributed by atoms with Crippen molar-refractivity contribution in [3.05, 3.63) is 35.9 Å². The summed E-state index contributed by atoms with van der Waals surface area (Å²) in [5.74, 6) is 0.00690. The number of hydrogen-bond donors (Lipinski definition) is 1. The van der Waals surface area contributed by atoms with Crippen LogP contribution in [0.3, 0.4) is 0 Å². The van der Waals surface area contributed by atoms with Gasteiger partial charge in [0.2, 0.25) is 5.91 Å². The number of carbonyl (C=O) groups excluding carboxylic acids is 1. The fourth-order valence-corrected chi connectivity index (χ4v) is 2.00. The topological polar surface area (TPSA) is 49.6 Å². The molecule has 0 aliphatic heterocycles. The number of carbonyl (C=O) groups is 1. The molecule has 0 saturated carbocycles. The normalized spacial score (nSPS) is 12.5. The summed E-state index contributed by atoms with van der Waals surface area (Å²) in [4.78, 5) is 16.3. The summed E-state index contributed by atoms with van der Waals surface area (Å²) >= 11 is 0. The van der Waals surface area contributed by atoms with Gasteiger partial charge in [0.05, 0.1) is 0 Å². The largest absolute Gasteiger partial charge is 0.341 e. The molecule has 106 valence electrons. The van der Waals surface area contributed by atoms with Crippen molar-refractivity contribution in [3.8, 4) is 0 Å². The Balaban J connectivity index is 2.58. The lowest BCUT2D eigenvalue weighted by molar-refractivity contribution is -0.132. The van der Waals surface area contributed by atoms with Gasteiger partial charge in [0.1, 0.15) is 6.04 Å². The Hall–Kier alpha value is -1.39. The molecule has 4 heteroatoms. The van der Waals surface area contributed by atoms with Gasteiger partial charge >= 0.3 is 0 Å². The maximum absolute atomic E-state index is 12.3.